The number of ether oxygens (including phenoxy) is 2. The third-order valence-corrected chi connectivity index (χ3v) is 3.67. The fourth-order valence-corrected chi connectivity index (χ4v) is 2.37. The maximum Gasteiger partial charge on any atom is 0.163 e. The molecule has 0 radical (unpaired) electrons. The van der Waals surface area contributed by atoms with Gasteiger partial charge in [-0.05, 0) is 37.1 Å². The number of hydrogen-bond acceptors (Lipinski definition) is 4. The van der Waals surface area contributed by atoms with Crippen LogP contribution in [0.3, 0.4) is 0 Å². The maximum absolute atomic E-state index is 12.3. The van der Waals surface area contributed by atoms with Crippen molar-refractivity contribution >= 4 is 11.6 Å². The van der Waals surface area contributed by atoms with Gasteiger partial charge in [-0.1, -0.05) is 25.2 Å². The lowest BCUT2D eigenvalue weighted by Crippen LogP contribution is -2.16. The number of Topliss-reactive ketones (excluding diaryl/α,β-unsaturated/α-hetero) is 2. The minimum atomic E-state index is -0.0585. The van der Waals surface area contributed by atoms with E-state index in [0.29, 0.717) is 36.7 Å². The molecule has 2 rings (SSSR count). The summed E-state index contributed by atoms with van der Waals surface area (Å²) in [5.41, 5.74) is 1.30. The van der Waals surface area contributed by atoms with Crippen LogP contribution in [0, 0.1) is 0 Å². The maximum atomic E-state index is 12.3. The molecule has 1 heterocycles. The van der Waals surface area contributed by atoms with Crippen LogP contribution in [-0.4, -0.2) is 24.8 Å². The van der Waals surface area contributed by atoms with Crippen LogP contribution in [0.5, 0.6) is 11.5 Å². The molecule has 23 heavy (non-hydrogen) atoms. The zero-order chi connectivity index (χ0) is 16.7. The number of allylic oxidation sites excluding steroid dienone is 4. The highest BCUT2D eigenvalue weighted by molar-refractivity contribution is 6.02. The Hall–Kier alpha value is -2.36. The van der Waals surface area contributed by atoms with E-state index in [0.717, 1.165) is 5.57 Å². The van der Waals surface area contributed by atoms with Gasteiger partial charge >= 0.3 is 0 Å². The Kier molecular flexibility index (Phi) is 6.15. The number of carbonyl (C=O) groups is 2. The van der Waals surface area contributed by atoms with E-state index in [2.05, 4.69) is 0 Å². The summed E-state index contributed by atoms with van der Waals surface area (Å²) in [6, 6.07) is 5.15. The Morgan fingerprint density at radius 2 is 1.87 bits per heavy atom. The minimum absolute atomic E-state index is 0.0245. The topological polar surface area (TPSA) is 52.6 Å². The Bertz CT molecular complexity index is 641. The zero-order valence-corrected chi connectivity index (χ0v) is 13.6. The van der Waals surface area contributed by atoms with E-state index in [-0.39, 0.29) is 24.4 Å². The summed E-state index contributed by atoms with van der Waals surface area (Å²) in [4.78, 5) is 24.4. The molecule has 0 spiro atoms. The quantitative estimate of drug-likeness (QED) is 0.435. The molecule has 4 nitrogen and oxygen atoms in total. The number of ketones is 2. The molecule has 0 unspecified atom stereocenters. The first-order valence-corrected chi connectivity index (χ1v) is 7.93. The van der Waals surface area contributed by atoms with Gasteiger partial charge < -0.3 is 9.47 Å². The predicted molar refractivity (Wildman–Crippen MR) is 89.2 cm³/mol. The highest BCUT2D eigenvalue weighted by atomic mass is 16.6. The van der Waals surface area contributed by atoms with Crippen LogP contribution < -0.4 is 9.47 Å². The molecule has 0 aromatic heterocycles. The Morgan fingerprint density at radius 3 is 2.57 bits per heavy atom. The van der Waals surface area contributed by atoms with Crippen molar-refractivity contribution in [1.29, 1.82) is 0 Å². The average molecular weight is 314 g/mol. The van der Waals surface area contributed by atoms with Crippen molar-refractivity contribution in [3.05, 3.63) is 47.6 Å². The molecular formula is C19H22O4. The number of benzene rings is 1. The standard InChI is InChI=1S/C19H22O4/c1-3-5-6-14(4-2)16(20)8-9-17(21)15-7-10-18-19(13-15)23-12-11-22-18/h3,5-7,10,13H,4,8-9,11-12H2,1-2H3. The molecule has 0 saturated heterocycles. The summed E-state index contributed by atoms with van der Waals surface area (Å²) in [5, 5.41) is 0. The molecular weight excluding hydrogens is 292 g/mol. The van der Waals surface area contributed by atoms with Gasteiger partial charge in [0.25, 0.3) is 0 Å². The third kappa shape index (κ3) is 4.55. The number of fused-ring (bicyclic) bond motifs is 1. The number of rotatable bonds is 7. The van der Waals surface area contributed by atoms with Crippen LogP contribution in [0.4, 0.5) is 0 Å². The molecule has 1 aliphatic rings. The van der Waals surface area contributed by atoms with Crippen LogP contribution in [0.25, 0.3) is 0 Å². The lowest BCUT2D eigenvalue weighted by molar-refractivity contribution is -0.115. The Labute approximate surface area is 136 Å². The lowest BCUT2D eigenvalue weighted by Gasteiger charge is -2.18. The molecule has 0 bridgehead atoms. The highest BCUT2D eigenvalue weighted by Gasteiger charge is 2.16. The van der Waals surface area contributed by atoms with Crippen LogP contribution in [0.2, 0.25) is 0 Å². The largest absolute Gasteiger partial charge is 0.486 e. The summed E-state index contributed by atoms with van der Waals surface area (Å²) in [6.45, 7) is 4.85. The Morgan fingerprint density at radius 1 is 1.13 bits per heavy atom. The first kappa shape index (κ1) is 17.0. The fourth-order valence-electron chi connectivity index (χ4n) is 2.37. The summed E-state index contributed by atoms with van der Waals surface area (Å²) >= 11 is 0. The van der Waals surface area contributed by atoms with Crippen molar-refractivity contribution in [3.63, 3.8) is 0 Å². The first-order valence-electron chi connectivity index (χ1n) is 7.93. The van der Waals surface area contributed by atoms with E-state index in [4.69, 9.17) is 9.47 Å². The summed E-state index contributed by atoms with van der Waals surface area (Å²) in [7, 11) is 0. The van der Waals surface area contributed by atoms with Crippen LogP contribution >= 0.6 is 0 Å². The van der Waals surface area contributed by atoms with E-state index in [1.807, 2.05) is 32.1 Å². The summed E-state index contributed by atoms with van der Waals surface area (Å²) in [6.07, 6.45) is 6.64. The van der Waals surface area contributed by atoms with Crippen LogP contribution in [0.15, 0.2) is 42.0 Å². The van der Waals surface area contributed by atoms with Gasteiger partial charge in [-0.3, -0.25) is 9.59 Å². The van der Waals surface area contributed by atoms with Crippen molar-refractivity contribution in [2.24, 2.45) is 0 Å². The predicted octanol–water partition coefficient (Wildman–Crippen LogP) is 3.90. The van der Waals surface area contributed by atoms with Gasteiger partial charge in [0.15, 0.2) is 23.1 Å². The number of hydrogen-bond donors (Lipinski definition) is 0. The van der Waals surface area contributed by atoms with E-state index in [1.165, 1.54) is 0 Å². The van der Waals surface area contributed by atoms with Gasteiger partial charge in [0.05, 0.1) is 0 Å². The summed E-state index contributed by atoms with van der Waals surface area (Å²) in [5.74, 6) is 1.22. The SMILES string of the molecule is CC=CC=C(CC)C(=O)CCC(=O)c1ccc2c(c1)OCCO2. The molecule has 0 amide bonds. The molecule has 0 atom stereocenters. The molecule has 1 aromatic carbocycles. The zero-order valence-electron chi connectivity index (χ0n) is 13.6. The van der Waals surface area contributed by atoms with E-state index < -0.39 is 0 Å². The van der Waals surface area contributed by atoms with Crippen LogP contribution in [0.1, 0.15) is 43.5 Å². The van der Waals surface area contributed by atoms with Gasteiger partial charge in [0, 0.05) is 18.4 Å². The van der Waals surface area contributed by atoms with Gasteiger partial charge in [-0.15, -0.1) is 0 Å². The molecule has 122 valence electrons. The number of carbonyl (C=O) groups excluding carboxylic acids is 2. The van der Waals surface area contributed by atoms with Crippen molar-refractivity contribution in [2.75, 3.05) is 13.2 Å². The molecule has 0 aliphatic carbocycles. The van der Waals surface area contributed by atoms with E-state index in [9.17, 15) is 9.59 Å². The van der Waals surface area contributed by atoms with Gasteiger partial charge in [0.2, 0.25) is 0 Å². The fraction of sp³-hybridized carbons (Fsp3) is 0.368. The smallest absolute Gasteiger partial charge is 0.163 e. The third-order valence-electron chi connectivity index (χ3n) is 3.67. The van der Waals surface area contributed by atoms with Crippen molar-refractivity contribution < 1.29 is 19.1 Å². The Balaban J connectivity index is 1.98. The molecule has 1 aliphatic heterocycles. The highest BCUT2D eigenvalue weighted by Crippen LogP contribution is 2.31. The summed E-state index contributed by atoms with van der Waals surface area (Å²) < 4.78 is 10.9. The second-order valence-corrected chi connectivity index (χ2v) is 5.28. The van der Waals surface area contributed by atoms with Gasteiger partial charge in [-0.2, -0.15) is 0 Å². The van der Waals surface area contributed by atoms with E-state index in [1.54, 1.807) is 18.2 Å². The van der Waals surface area contributed by atoms with Gasteiger partial charge in [0.1, 0.15) is 13.2 Å². The molecule has 1 aromatic rings. The second kappa shape index (κ2) is 8.32. The van der Waals surface area contributed by atoms with Crippen molar-refractivity contribution in [3.8, 4) is 11.5 Å². The second-order valence-electron chi connectivity index (χ2n) is 5.28. The average Bonchev–Trinajstić information content (AvgIpc) is 2.59. The molecule has 4 heteroatoms. The molecule has 0 N–H and O–H groups in total. The van der Waals surface area contributed by atoms with Gasteiger partial charge in [-0.25, -0.2) is 0 Å². The normalized spacial score (nSPS) is 14.1. The lowest BCUT2D eigenvalue weighted by atomic mass is 9.99. The van der Waals surface area contributed by atoms with Crippen LogP contribution in [-0.2, 0) is 4.79 Å². The minimum Gasteiger partial charge on any atom is -0.486 e. The molecule has 0 saturated carbocycles. The van der Waals surface area contributed by atoms with Crippen molar-refractivity contribution in [1.82, 2.24) is 0 Å². The first-order chi connectivity index (χ1) is 11.2. The van der Waals surface area contributed by atoms with Crippen molar-refractivity contribution in [2.45, 2.75) is 33.1 Å². The van der Waals surface area contributed by atoms with E-state index >= 15 is 0 Å². The monoisotopic (exact) mass is 314 g/mol. The molecule has 0 fully saturated rings.